The first kappa shape index (κ1) is 17.3. The van der Waals surface area contributed by atoms with Crippen LogP contribution in [0.15, 0.2) is 30.3 Å². The molecule has 1 amide bonds. The first-order valence-electron chi connectivity index (χ1n) is 7.92. The topological polar surface area (TPSA) is 75.6 Å². The molecule has 1 atom stereocenters. The summed E-state index contributed by atoms with van der Waals surface area (Å²) in [7, 11) is 1.41. The number of amides is 1. The molecule has 1 unspecified atom stereocenters. The molecule has 0 saturated heterocycles. The van der Waals surface area contributed by atoms with E-state index in [0.29, 0.717) is 0 Å². The molecule has 3 rings (SSSR count). The van der Waals surface area contributed by atoms with Crippen LogP contribution in [0.25, 0.3) is 0 Å². The number of carboxylic acid groups (broad SMARTS) is 1. The van der Waals surface area contributed by atoms with Crippen molar-refractivity contribution in [2.24, 2.45) is 0 Å². The molecule has 0 saturated carbocycles. The van der Waals surface area contributed by atoms with Gasteiger partial charge in [-0.15, -0.1) is 0 Å². The number of ether oxygens (including phenoxy) is 1. The third-order valence-electron chi connectivity index (χ3n) is 4.44. The van der Waals surface area contributed by atoms with Crippen LogP contribution in [0, 0.1) is 6.92 Å². The lowest BCUT2D eigenvalue weighted by molar-refractivity contribution is 0.0696. The normalized spacial score (nSPS) is 15.6. The third-order valence-corrected chi connectivity index (χ3v) is 4.85. The molecule has 1 aliphatic rings. The Balaban J connectivity index is 1.92. The second-order valence-electron chi connectivity index (χ2n) is 6.11. The van der Waals surface area contributed by atoms with E-state index in [9.17, 15) is 14.7 Å². The number of aryl methyl sites for hydroxylation is 2. The molecule has 5 nitrogen and oxygen atoms in total. The predicted octanol–water partition coefficient (Wildman–Crippen LogP) is 3.77. The smallest absolute Gasteiger partial charge is 0.337 e. The second kappa shape index (κ2) is 6.76. The van der Waals surface area contributed by atoms with Crippen LogP contribution in [0.5, 0.6) is 5.75 Å². The van der Waals surface area contributed by atoms with E-state index in [-0.39, 0.29) is 27.9 Å². The zero-order chi connectivity index (χ0) is 18.1. The molecule has 0 heterocycles. The van der Waals surface area contributed by atoms with Gasteiger partial charge in [0.1, 0.15) is 5.75 Å². The number of rotatable bonds is 4. The Morgan fingerprint density at radius 3 is 2.64 bits per heavy atom. The van der Waals surface area contributed by atoms with Gasteiger partial charge < -0.3 is 15.2 Å². The summed E-state index contributed by atoms with van der Waals surface area (Å²) in [6, 6.07) is 8.85. The first-order valence-corrected chi connectivity index (χ1v) is 8.29. The fraction of sp³-hybridized carbons (Fsp3) is 0.263. The minimum atomic E-state index is -1.21. The predicted molar refractivity (Wildman–Crippen MR) is 94.7 cm³/mol. The third kappa shape index (κ3) is 3.33. The van der Waals surface area contributed by atoms with Crippen molar-refractivity contribution in [3.8, 4) is 5.75 Å². The average Bonchev–Trinajstić information content (AvgIpc) is 2.96. The molecule has 2 aromatic rings. The van der Waals surface area contributed by atoms with Gasteiger partial charge in [0.25, 0.3) is 5.91 Å². The monoisotopic (exact) mass is 359 g/mol. The lowest BCUT2D eigenvalue weighted by atomic mass is 10.0. The highest BCUT2D eigenvalue weighted by molar-refractivity contribution is 6.36. The molecule has 0 spiro atoms. The number of nitrogens with one attached hydrogen (secondary N) is 1. The highest BCUT2D eigenvalue weighted by atomic mass is 35.5. The fourth-order valence-electron chi connectivity index (χ4n) is 3.14. The Morgan fingerprint density at radius 2 is 1.96 bits per heavy atom. The van der Waals surface area contributed by atoms with Crippen molar-refractivity contribution in [2.45, 2.75) is 25.8 Å². The van der Waals surface area contributed by atoms with E-state index in [1.807, 2.05) is 6.92 Å². The lowest BCUT2D eigenvalue weighted by Gasteiger charge is -2.16. The number of aromatic carboxylic acids is 1. The molecular weight excluding hydrogens is 342 g/mol. The molecule has 130 valence electrons. The number of fused-ring (bicyclic) bond motifs is 1. The van der Waals surface area contributed by atoms with Gasteiger partial charge in [0, 0.05) is 0 Å². The molecule has 0 radical (unpaired) electrons. The van der Waals surface area contributed by atoms with Gasteiger partial charge in [-0.3, -0.25) is 4.79 Å². The van der Waals surface area contributed by atoms with Gasteiger partial charge in [0.2, 0.25) is 0 Å². The van der Waals surface area contributed by atoms with Crippen LogP contribution in [-0.2, 0) is 6.42 Å². The number of halogens is 1. The maximum atomic E-state index is 12.7. The summed E-state index contributed by atoms with van der Waals surface area (Å²) in [4.78, 5) is 24.1. The zero-order valence-electron chi connectivity index (χ0n) is 13.9. The van der Waals surface area contributed by atoms with Crippen LogP contribution in [0.2, 0.25) is 5.02 Å². The summed E-state index contributed by atoms with van der Waals surface area (Å²) >= 11 is 6.14. The summed E-state index contributed by atoms with van der Waals surface area (Å²) in [6.45, 7) is 2.01. The minimum Gasteiger partial charge on any atom is -0.497 e. The molecule has 2 N–H and O–H groups in total. The van der Waals surface area contributed by atoms with Crippen molar-refractivity contribution in [1.29, 1.82) is 0 Å². The van der Waals surface area contributed by atoms with Crippen molar-refractivity contribution < 1.29 is 19.4 Å². The van der Waals surface area contributed by atoms with E-state index in [0.717, 1.165) is 24.0 Å². The van der Waals surface area contributed by atoms with E-state index in [2.05, 4.69) is 23.5 Å². The van der Waals surface area contributed by atoms with Gasteiger partial charge in [-0.05, 0) is 43.0 Å². The highest BCUT2D eigenvalue weighted by Crippen LogP contribution is 2.33. The highest BCUT2D eigenvalue weighted by Gasteiger charge is 2.26. The van der Waals surface area contributed by atoms with Gasteiger partial charge in [-0.1, -0.05) is 35.4 Å². The van der Waals surface area contributed by atoms with E-state index in [1.165, 1.54) is 24.8 Å². The molecule has 0 aromatic heterocycles. The Morgan fingerprint density at radius 1 is 1.24 bits per heavy atom. The summed E-state index contributed by atoms with van der Waals surface area (Å²) < 4.78 is 5.09. The van der Waals surface area contributed by atoms with Crippen LogP contribution in [0.3, 0.4) is 0 Å². The zero-order valence-corrected chi connectivity index (χ0v) is 14.7. The van der Waals surface area contributed by atoms with Crippen molar-refractivity contribution in [3.05, 3.63) is 63.2 Å². The molecule has 6 heteroatoms. The van der Waals surface area contributed by atoms with Crippen molar-refractivity contribution in [1.82, 2.24) is 5.32 Å². The van der Waals surface area contributed by atoms with Crippen molar-refractivity contribution in [2.75, 3.05) is 7.11 Å². The number of carbonyl (C=O) groups excluding carboxylic acids is 1. The van der Waals surface area contributed by atoms with Crippen LogP contribution >= 0.6 is 11.6 Å². The van der Waals surface area contributed by atoms with E-state index < -0.39 is 11.9 Å². The van der Waals surface area contributed by atoms with Crippen LogP contribution in [0.1, 0.15) is 49.9 Å². The Hall–Kier alpha value is -2.53. The molecule has 2 aromatic carbocycles. The number of hydrogen-bond donors (Lipinski definition) is 2. The molecule has 0 aliphatic heterocycles. The average molecular weight is 360 g/mol. The number of hydrogen-bond acceptors (Lipinski definition) is 3. The Bertz CT molecular complexity index is 863. The Kier molecular flexibility index (Phi) is 4.68. The number of benzene rings is 2. The number of carboxylic acids is 1. The number of carbonyl (C=O) groups is 2. The first-order chi connectivity index (χ1) is 11.9. The minimum absolute atomic E-state index is 0.0896. The molecular formula is C19H18ClNO4. The fourth-order valence-corrected chi connectivity index (χ4v) is 3.42. The summed E-state index contributed by atoms with van der Waals surface area (Å²) in [5.74, 6) is -1.35. The quantitative estimate of drug-likeness (QED) is 0.871. The SMILES string of the molecule is COc1cc(C(=O)O)c(Cl)c(C(=O)NC2CCc3ccc(C)cc32)c1. The van der Waals surface area contributed by atoms with E-state index >= 15 is 0 Å². The standard InChI is InChI=1S/C19H18ClNO4/c1-10-3-4-11-5-6-16(13(11)7-10)21-18(22)14-8-12(25-2)9-15(17(14)20)19(23)24/h3-4,7-9,16H,5-6H2,1-2H3,(H,21,22)(H,23,24). The summed E-state index contributed by atoms with van der Waals surface area (Å²) in [5, 5.41) is 12.1. The van der Waals surface area contributed by atoms with E-state index in [1.54, 1.807) is 0 Å². The van der Waals surface area contributed by atoms with Crippen molar-refractivity contribution in [3.63, 3.8) is 0 Å². The molecule has 0 bridgehead atoms. The second-order valence-corrected chi connectivity index (χ2v) is 6.49. The van der Waals surface area contributed by atoms with Gasteiger partial charge in [-0.2, -0.15) is 0 Å². The Labute approximate surface area is 150 Å². The maximum absolute atomic E-state index is 12.7. The molecule has 25 heavy (non-hydrogen) atoms. The maximum Gasteiger partial charge on any atom is 0.337 e. The van der Waals surface area contributed by atoms with Crippen molar-refractivity contribution >= 4 is 23.5 Å². The summed E-state index contributed by atoms with van der Waals surface area (Å²) in [5.41, 5.74) is 3.39. The number of methoxy groups -OCH3 is 1. The molecule has 0 fully saturated rings. The van der Waals surface area contributed by atoms with Gasteiger partial charge in [0.05, 0.1) is 29.3 Å². The van der Waals surface area contributed by atoms with Gasteiger partial charge in [-0.25, -0.2) is 4.79 Å². The van der Waals surface area contributed by atoms with Crippen LogP contribution < -0.4 is 10.1 Å². The lowest BCUT2D eigenvalue weighted by Crippen LogP contribution is -2.27. The largest absolute Gasteiger partial charge is 0.497 e. The van der Waals surface area contributed by atoms with Crippen LogP contribution in [0.4, 0.5) is 0 Å². The van der Waals surface area contributed by atoms with Gasteiger partial charge in [0.15, 0.2) is 0 Å². The van der Waals surface area contributed by atoms with Gasteiger partial charge >= 0.3 is 5.97 Å². The summed E-state index contributed by atoms with van der Waals surface area (Å²) in [6.07, 6.45) is 1.70. The molecule has 1 aliphatic carbocycles. The van der Waals surface area contributed by atoms with E-state index in [4.69, 9.17) is 16.3 Å². The van der Waals surface area contributed by atoms with Crippen LogP contribution in [-0.4, -0.2) is 24.1 Å².